The van der Waals surface area contributed by atoms with Crippen LogP contribution in [0.25, 0.3) is 10.9 Å². The molecule has 42 heavy (non-hydrogen) atoms. The average Bonchev–Trinajstić information content (AvgIpc) is 3.04. The molecule has 1 saturated heterocycles. The summed E-state index contributed by atoms with van der Waals surface area (Å²) in [7, 11) is 0. The lowest BCUT2D eigenvalue weighted by atomic mass is 9.92. The molecule has 0 bridgehead atoms. The van der Waals surface area contributed by atoms with E-state index in [1.807, 2.05) is 6.07 Å². The highest BCUT2D eigenvalue weighted by Crippen LogP contribution is 2.33. The number of hydrogen-bond acceptors (Lipinski definition) is 5. The molecule has 2 heterocycles. The van der Waals surface area contributed by atoms with E-state index in [2.05, 4.69) is 88.8 Å². The number of para-hydroxylation sites is 1. The second kappa shape index (κ2) is 14.1. The highest BCUT2D eigenvalue weighted by molar-refractivity contribution is 5.93. The number of piperazine rings is 1. The minimum atomic E-state index is 0.609. The first kappa shape index (κ1) is 28.5. The third-order valence-corrected chi connectivity index (χ3v) is 9.08. The number of anilines is 2. The number of aryl methyl sites for hydroxylation is 1. The molecular weight excluding hydrogens is 516 g/mol. The van der Waals surface area contributed by atoms with E-state index in [9.17, 15) is 0 Å². The third-order valence-electron chi connectivity index (χ3n) is 9.08. The summed E-state index contributed by atoms with van der Waals surface area (Å²) in [6, 6.07) is 25.5. The standard InChI is InChI=1S/C37H46N4O/c1-29-35(20-13-21-36(29)42-28-30-14-5-4-6-15-30)41-26-24-40(25-27-41)23-12-3-2-11-22-38-37-31-16-7-9-18-33(31)39-34-19-10-8-17-32(34)37/h4-7,9,13-16,18,20-21H,2-3,8,10-12,17,19,22-28H2,1H3,(H,38,39). The van der Waals surface area contributed by atoms with Crippen LogP contribution in [0.4, 0.5) is 11.4 Å². The van der Waals surface area contributed by atoms with Crippen LogP contribution in [-0.2, 0) is 19.4 Å². The summed E-state index contributed by atoms with van der Waals surface area (Å²) in [5.41, 5.74) is 9.05. The molecule has 1 aliphatic carbocycles. The maximum absolute atomic E-state index is 6.19. The van der Waals surface area contributed by atoms with Gasteiger partial charge in [0.25, 0.3) is 0 Å². The van der Waals surface area contributed by atoms with Gasteiger partial charge in [-0.2, -0.15) is 0 Å². The van der Waals surface area contributed by atoms with Crippen molar-refractivity contribution >= 4 is 22.3 Å². The maximum Gasteiger partial charge on any atom is 0.124 e. The number of fused-ring (bicyclic) bond motifs is 2. The van der Waals surface area contributed by atoms with E-state index in [0.29, 0.717) is 6.61 Å². The van der Waals surface area contributed by atoms with Gasteiger partial charge in [0.2, 0.25) is 0 Å². The topological polar surface area (TPSA) is 40.6 Å². The molecule has 2 aliphatic rings. The quantitative estimate of drug-likeness (QED) is 0.179. The van der Waals surface area contributed by atoms with Crippen LogP contribution in [0.3, 0.4) is 0 Å². The van der Waals surface area contributed by atoms with Gasteiger partial charge >= 0.3 is 0 Å². The van der Waals surface area contributed by atoms with E-state index in [1.165, 1.54) is 84.2 Å². The third kappa shape index (κ3) is 6.90. The minimum Gasteiger partial charge on any atom is -0.489 e. The van der Waals surface area contributed by atoms with Gasteiger partial charge < -0.3 is 15.0 Å². The largest absolute Gasteiger partial charge is 0.489 e. The van der Waals surface area contributed by atoms with E-state index in [-0.39, 0.29) is 0 Å². The van der Waals surface area contributed by atoms with Crippen molar-refractivity contribution in [3.63, 3.8) is 0 Å². The summed E-state index contributed by atoms with van der Waals surface area (Å²) < 4.78 is 6.19. The van der Waals surface area contributed by atoms with Crippen LogP contribution in [0.15, 0.2) is 72.8 Å². The van der Waals surface area contributed by atoms with Crippen molar-refractivity contribution in [1.29, 1.82) is 0 Å². The van der Waals surface area contributed by atoms with Crippen molar-refractivity contribution in [3.05, 3.63) is 95.2 Å². The number of benzene rings is 3. The average molecular weight is 563 g/mol. The zero-order chi connectivity index (χ0) is 28.6. The smallest absolute Gasteiger partial charge is 0.124 e. The fourth-order valence-corrected chi connectivity index (χ4v) is 6.65. The van der Waals surface area contributed by atoms with E-state index in [1.54, 1.807) is 0 Å². The molecule has 0 radical (unpaired) electrons. The summed E-state index contributed by atoms with van der Waals surface area (Å²) >= 11 is 0. The molecule has 0 amide bonds. The van der Waals surface area contributed by atoms with Crippen molar-refractivity contribution in [3.8, 4) is 5.75 Å². The number of rotatable bonds is 12. The van der Waals surface area contributed by atoms with Crippen molar-refractivity contribution in [1.82, 2.24) is 9.88 Å². The monoisotopic (exact) mass is 562 g/mol. The minimum absolute atomic E-state index is 0.609. The Bertz CT molecular complexity index is 1450. The fourth-order valence-electron chi connectivity index (χ4n) is 6.65. The second-order valence-corrected chi connectivity index (χ2v) is 12.0. The van der Waals surface area contributed by atoms with Crippen LogP contribution in [0.2, 0.25) is 0 Å². The number of aromatic nitrogens is 1. The fraction of sp³-hybridized carbons (Fsp3) is 0.432. The molecule has 220 valence electrons. The molecule has 1 N–H and O–H groups in total. The van der Waals surface area contributed by atoms with Gasteiger partial charge in [-0.15, -0.1) is 0 Å². The summed E-state index contributed by atoms with van der Waals surface area (Å²) in [6.07, 6.45) is 9.93. The summed E-state index contributed by atoms with van der Waals surface area (Å²) in [5, 5.41) is 5.13. The Morgan fingerprint density at radius 2 is 1.57 bits per heavy atom. The molecule has 1 aliphatic heterocycles. The lowest BCUT2D eigenvalue weighted by Gasteiger charge is -2.37. The van der Waals surface area contributed by atoms with Crippen LogP contribution < -0.4 is 15.0 Å². The van der Waals surface area contributed by atoms with Crippen molar-refractivity contribution in [2.45, 2.75) is 64.9 Å². The van der Waals surface area contributed by atoms with Gasteiger partial charge in [-0.25, -0.2) is 0 Å². The van der Waals surface area contributed by atoms with Gasteiger partial charge in [-0.05, 0) is 81.3 Å². The SMILES string of the molecule is Cc1c(OCc2ccccc2)cccc1N1CCN(CCCCCCNc2c3c(nc4ccccc24)CCCC3)CC1. The number of ether oxygens (including phenoxy) is 1. The van der Waals surface area contributed by atoms with E-state index >= 15 is 0 Å². The van der Waals surface area contributed by atoms with Gasteiger partial charge in [0.1, 0.15) is 12.4 Å². The molecule has 0 saturated carbocycles. The van der Waals surface area contributed by atoms with Gasteiger partial charge in [-0.3, -0.25) is 9.88 Å². The normalized spacial score (nSPS) is 15.5. The summed E-state index contributed by atoms with van der Waals surface area (Å²) in [4.78, 5) is 10.2. The number of nitrogens with zero attached hydrogens (tertiary/aromatic N) is 3. The highest BCUT2D eigenvalue weighted by Gasteiger charge is 2.20. The molecule has 5 nitrogen and oxygen atoms in total. The van der Waals surface area contributed by atoms with E-state index in [0.717, 1.165) is 56.8 Å². The van der Waals surface area contributed by atoms with Crippen molar-refractivity contribution in [2.75, 3.05) is 49.5 Å². The van der Waals surface area contributed by atoms with E-state index < -0.39 is 0 Å². The summed E-state index contributed by atoms with van der Waals surface area (Å²) in [5.74, 6) is 0.991. The Kier molecular flexibility index (Phi) is 9.56. The van der Waals surface area contributed by atoms with Gasteiger partial charge in [0.15, 0.2) is 0 Å². The Balaban J connectivity index is 0.909. The zero-order valence-corrected chi connectivity index (χ0v) is 25.3. The number of pyridine rings is 1. The molecule has 5 heteroatoms. The predicted molar refractivity (Wildman–Crippen MR) is 176 cm³/mol. The first-order valence-corrected chi connectivity index (χ1v) is 16.1. The first-order chi connectivity index (χ1) is 20.8. The van der Waals surface area contributed by atoms with Gasteiger partial charge in [-0.1, -0.05) is 67.4 Å². The van der Waals surface area contributed by atoms with Crippen LogP contribution in [0.1, 0.15) is 60.9 Å². The predicted octanol–water partition coefficient (Wildman–Crippen LogP) is 7.80. The Hall–Kier alpha value is -3.57. The van der Waals surface area contributed by atoms with Gasteiger partial charge in [0, 0.05) is 60.7 Å². The van der Waals surface area contributed by atoms with Crippen molar-refractivity contribution < 1.29 is 4.74 Å². The maximum atomic E-state index is 6.19. The number of unbranched alkanes of at least 4 members (excludes halogenated alkanes) is 3. The lowest BCUT2D eigenvalue weighted by Crippen LogP contribution is -2.46. The highest BCUT2D eigenvalue weighted by atomic mass is 16.5. The molecule has 0 atom stereocenters. The Labute approximate surface area is 251 Å². The molecule has 1 aromatic heterocycles. The molecule has 0 spiro atoms. The molecule has 0 unspecified atom stereocenters. The zero-order valence-electron chi connectivity index (χ0n) is 25.3. The molecule has 3 aromatic carbocycles. The molecular formula is C37H46N4O. The molecule has 4 aromatic rings. The first-order valence-electron chi connectivity index (χ1n) is 16.1. The Morgan fingerprint density at radius 1 is 0.786 bits per heavy atom. The summed E-state index contributed by atoms with van der Waals surface area (Å²) in [6.45, 7) is 9.50. The number of hydrogen-bond donors (Lipinski definition) is 1. The van der Waals surface area contributed by atoms with Crippen LogP contribution in [0.5, 0.6) is 5.75 Å². The number of nitrogens with one attached hydrogen (secondary N) is 1. The molecule has 1 fully saturated rings. The van der Waals surface area contributed by atoms with E-state index in [4.69, 9.17) is 9.72 Å². The van der Waals surface area contributed by atoms with Crippen LogP contribution in [-0.4, -0.2) is 49.2 Å². The Morgan fingerprint density at radius 3 is 2.45 bits per heavy atom. The second-order valence-electron chi connectivity index (χ2n) is 12.0. The molecule has 6 rings (SSSR count). The van der Waals surface area contributed by atoms with Crippen LogP contribution >= 0.6 is 0 Å². The van der Waals surface area contributed by atoms with Crippen LogP contribution in [0, 0.1) is 6.92 Å². The lowest BCUT2D eigenvalue weighted by molar-refractivity contribution is 0.252. The van der Waals surface area contributed by atoms with Crippen molar-refractivity contribution in [2.24, 2.45) is 0 Å². The van der Waals surface area contributed by atoms with Gasteiger partial charge in [0.05, 0.1) is 5.52 Å².